The minimum absolute atomic E-state index is 0.00609. The van der Waals surface area contributed by atoms with Gasteiger partial charge in [-0.25, -0.2) is 17.6 Å². The number of anilines is 2. The van der Waals surface area contributed by atoms with E-state index in [1.54, 1.807) is 0 Å². The lowest BCUT2D eigenvalue weighted by molar-refractivity contribution is 0.0945. The minimum atomic E-state index is -1.61. The topological polar surface area (TPSA) is 66.9 Å². The zero-order valence-electron chi connectivity index (χ0n) is 13.6. The van der Waals surface area contributed by atoms with Crippen molar-refractivity contribution in [3.8, 4) is 0 Å². The highest BCUT2D eigenvalue weighted by Gasteiger charge is 2.14. The normalized spacial score (nSPS) is 10.5. The second-order valence-electron chi connectivity index (χ2n) is 5.46. The predicted molar refractivity (Wildman–Crippen MR) is 89.2 cm³/mol. The summed E-state index contributed by atoms with van der Waals surface area (Å²) in [6.07, 6.45) is 0. The summed E-state index contributed by atoms with van der Waals surface area (Å²) in [5, 5.41) is 12.4. The number of carbonyl (C=O) groups is 1. The molecule has 0 aliphatic rings. The van der Waals surface area contributed by atoms with Gasteiger partial charge in [-0.1, -0.05) is 12.1 Å². The Bertz CT molecular complexity index is 962. The molecule has 9 heteroatoms. The summed E-state index contributed by atoms with van der Waals surface area (Å²) in [7, 11) is 0. The summed E-state index contributed by atoms with van der Waals surface area (Å²) in [5.41, 5.74) is 0.370. The van der Waals surface area contributed by atoms with Gasteiger partial charge in [-0.05, 0) is 42.0 Å². The molecule has 0 saturated heterocycles. The Hall–Kier alpha value is -3.49. The van der Waals surface area contributed by atoms with Crippen LogP contribution in [0.25, 0.3) is 0 Å². The number of hydrogen-bond donors (Lipinski definition) is 2. The molecule has 0 bridgehead atoms. The number of nitrogens with zero attached hydrogens (tertiary/aromatic N) is 2. The van der Waals surface area contributed by atoms with Crippen LogP contribution >= 0.6 is 0 Å². The molecule has 1 heterocycles. The van der Waals surface area contributed by atoms with E-state index in [4.69, 9.17) is 0 Å². The van der Waals surface area contributed by atoms with Gasteiger partial charge < -0.3 is 10.6 Å². The summed E-state index contributed by atoms with van der Waals surface area (Å²) in [5.74, 6) is -5.16. The Kier molecular flexibility index (Phi) is 5.30. The first-order valence-corrected chi connectivity index (χ1v) is 7.71. The van der Waals surface area contributed by atoms with E-state index in [0.29, 0.717) is 5.56 Å². The standard InChI is InChI=1S/C18H12F4N4O/c19-11-3-1-10(2-4-11)9-23-18(27)14-7-8-15(26-25-14)24-13-6-5-12(20)16(21)17(13)22/h1-8H,9H2,(H,23,27)(H,24,26). The Morgan fingerprint density at radius 1 is 0.852 bits per heavy atom. The highest BCUT2D eigenvalue weighted by molar-refractivity contribution is 5.92. The van der Waals surface area contributed by atoms with E-state index in [1.165, 1.54) is 36.4 Å². The average molecular weight is 376 g/mol. The van der Waals surface area contributed by atoms with Crippen LogP contribution in [0.5, 0.6) is 0 Å². The number of hydrogen-bond acceptors (Lipinski definition) is 4. The molecule has 0 aliphatic heterocycles. The highest BCUT2D eigenvalue weighted by atomic mass is 19.2. The molecule has 138 valence electrons. The molecule has 1 aromatic heterocycles. The molecule has 27 heavy (non-hydrogen) atoms. The van der Waals surface area contributed by atoms with Crippen LogP contribution in [0, 0.1) is 23.3 Å². The van der Waals surface area contributed by atoms with Crippen molar-refractivity contribution in [1.29, 1.82) is 0 Å². The number of nitrogens with one attached hydrogen (secondary N) is 2. The van der Waals surface area contributed by atoms with E-state index >= 15 is 0 Å². The van der Waals surface area contributed by atoms with Crippen molar-refractivity contribution in [2.75, 3.05) is 5.32 Å². The molecule has 0 saturated carbocycles. The quantitative estimate of drug-likeness (QED) is 0.526. The molecule has 2 N–H and O–H groups in total. The molecular weight excluding hydrogens is 364 g/mol. The first kappa shape index (κ1) is 18.3. The van der Waals surface area contributed by atoms with E-state index < -0.39 is 23.4 Å². The fourth-order valence-electron chi connectivity index (χ4n) is 2.16. The van der Waals surface area contributed by atoms with Crippen LogP contribution in [0.2, 0.25) is 0 Å². The van der Waals surface area contributed by atoms with Crippen molar-refractivity contribution >= 4 is 17.4 Å². The van der Waals surface area contributed by atoms with Gasteiger partial charge >= 0.3 is 0 Å². The molecule has 0 unspecified atom stereocenters. The lowest BCUT2D eigenvalue weighted by Crippen LogP contribution is -2.24. The fraction of sp³-hybridized carbons (Fsp3) is 0.0556. The van der Waals surface area contributed by atoms with Gasteiger partial charge in [-0.3, -0.25) is 4.79 Å². The minimum Gasteiger partial charge on any atom is -0.347 e. The van der Waals surface area contributed by atoms with Gasteiger partial charge in [0.05, 0.1) is 5.69 Å². The molecule has 3 aromatic rings. The van der Waals surface area contributed by atoms with E-state index in [0.717, 1.165) is 12.1 Å². The molecule has 0 aliphatic carbocycles. The maximum absolute atomic E-state index is 13.6. The maximum atomic E-state index is 13.6. The second-order valence-corrected chi connectivity index (χ2v) is 5.46. The number of amides is 1. The van der Waals surface area contributed by atoms with Crippen molar-refractivity contribution in [1.82, 2.24) is 15.5 Å². The third kappa shape index (κ3) is 4.38. The van der Waals surface area contributed by atoms with E-state index in [2.05, 4.69) is 20.8 Å². The van der Waals surface area contributed by atoms with E-state index in [-0.39, 0.29) is 29.6 Å². The van der Waals surface area contributed by atoms with Crippen molar-refractivity contribution < 1.29 is 22.4 Å². The lowest BCUT2D eigenvalue weighted by atomic mass is 10.2. The number of aromatic nitrogens is 2. The van der Waals surface area contributed by atoms with Gasteiger partial charge in [0, 0.05) is 6.54 Å². The van der Waals surface area contributed by atoms with Crippen molar-refractivity contribution in [3.05, 3.63) is 83.1 Å². The maximum Gasteiger partial charge on any atom is 0.272 e. The smallest absolute Gasteiger partial charge is 0.272 e. The molecule has 0 atom stereocenters. The van der Waals surface area contributed by atoms with Crippen LogP contribution in [-0.2, 0) is 6.54 Å². The van der Waals surface area contributed by atoms with Gasteiger partial charge in [-0.2, -0.15) is 0 Å². The third-order valence-corrected chi connectivity index (χ3v) is 3.56. The summed E-state index contributed by atoms with van der Waals surface area (Å²) in [6.45, 7) is 0.168. The van der Waals surface area contributed by atoms with Gasteiger partial charge in [0.1, 0.15) is 5.82 Å². The monoisotopic (exact) mass is 376 g/mol. The molecule has 0 radical (unpaired) electrons. The van der Waals surface area contributed by atoms with Crippen LogP contribution in [0.1, 0.15) is 16.1 Å². The highest BCUT2D eigenvalue weighted by Crippen LogP contribution is 2.22. The third-order valence-electron chi connectivity index (χ3n) is 3.56. The zero-order valence-corrected chi connectivity index (χ0v) is 13.6. The molecule has 0 spiro atoms. The Morgan fingerprint density at radius 2 is 1.59 bits per heavy atom. The number of carbonyl (C=O) groups excluding carboxylic acids is 1. The molecule has 0 fully saturated rings. The van der Waals surface area contributed by atoms with Crippen LogP contribution in [0.3, 0.4) is 0 Å². The molecular formula is C18H12F4N4O. The SMILES string of the molecule is O=C(NCc1ccc(F)cc1)c1ccc(Nc2ccc(F)c(F)c2F)nn1. The first-order valence-electron chi connectivity index (χ1n) is 7.71. The Balaban J connectivity index is 1.63. The summed E-state index contributed by atoms with van der Waals surface area (Å²) in [4.78, 5) is 12.0. The van der Waals surface area contributed by atoms with Crippen molar-refractivity contribution in [2.45, 2.75) is 6.54 Å². The number of benzene rings is 2. The van der Waals surface area contributed by atoms with Crippen LogP contribution in [0.15, 0.2) is 48.5 Å². The predicted octanol–water partition coefficient (Wildman–Crippen LogP) is 3.71. The van der Waals surface area contributed by atoms with Gasteiger partial charge in [0.15, 0.2) is 29.0 Å². The average Bonchev–Trinajstić information content (AvgIpc) is 2.68. The summed E-state index contributed by atoms with van der Waals surface area (Å²) in [6, 6.07) is 10.1. The van der Waals surface area contributed by atoms with Crippen molar-refractivity contribution in [3.63, 3.8) is 0 Å². The Labute approximate surface area is 151 Å². The van der Waals surface area contributed by atoms with Crippen LogP contribution < -0.4 is 10.6 Å². The van der Waals surface area contributed by atoms with Gasteiger partial charge in [0.25, 0.3) is 5.91 Å². The second kappa shape index (κ2) is 7.81. The van der Waals surface area contributed by atoms with Gasteiger partial charge in [0.2, 0.25) is 0 Å². The van der Waals surface area contributed by atoms with Crippen LogP contribution in [-0.4, -0.2) is 16.1 Å². The van der Waals surface area contributed by atoms with E-state index in [1.807, 2.05) is 0 Å². The lowest BCUT2D eigenvalue weighted by Gasteiger charge is -2.08. The number of rotatable bonds is 5. The zero-order chi connectivity index (χ0) is 19.4. The van der Waals surface area contributed by atoms with Crippen LogP contribution in [0.4, 0.5) is 29.1 Å². The summed E-state index contributed by atoms with van der Waals surface area (Å²) < 4.78 is 52.6. The van der Waals surface area contributed by atoms with Gasteiger partial charge in [-0.15, -0.1) is 10.2 Å². The molecule has 5 nitrogen and oxygen atoms in total. The number of halogens is 4. The Morgan fingerprint density at radius 3 is 2.26 bits per heavy atom. The van der Waals surface area contributed by atoms with E-state index in [9.17, 15) is 22.4 Å². The largest absolute Gasteiger partial charge is 0.347 e. The molecule has 1 amide bonds. The summed E-state index contributed by atoms with van der Waals surface area (Å²) >= 11 is 0. The molecule has 2 aromatic carbocycles. The van der Waals surface area contributed by atoms with Crippen molar-refractivity contribution in [2.24, 2.45) is 0 Å². The first-order chi connectivity index (χ1) is 12.9. The fourth-order valence-corrected chi connectivity index (χ4v) is 2.16. The molecule has 3 rings (SSSR count).